The Bertz CT molecular complexity index is 1570. The highest BCUT2D eigenvalue weighted by Crippen LogP contribution is 2.41. The minimum atomic E-state index is -0.401. The summed E-state index contributed by atoms with van der Waals surface area (Å²) in [4.78, 5) is 32.5. The van der Waals surface area contributed by atoms with Crippen molar-refractivity contribution in [3.63, 3.8) is 0 Å². The number of hydrogen-bond acceptors (Lipinski definition) is 8. The monoisotopic (exact) mass is 557 g/mol. The summed E-state index contributed by atoms with van der Waals surface area (Å²) in [5.41, 5.74) is 5.11. The zero-order valence-corrected chi connectivity index (χ0v) is 22.6. The van der Waals surface area contributed by atoms with Crippen LogP contribution >= 0.6 is 11.3 Å². The van der Waals surface area contributed by atoms with E-state index in [1.165, 1.54) is 23.5 Å². The molecule has 8 bridgehead atoms. The third-order valence-corrected chi connectivity index (χ3v) is 7.66. The molecule has 3 aliphatic heterocycles. The Morgan fingerprint density at radius 2 is 2.00 bits per heavy atom. The van der Waals surface area contributed by atoms with E-state index in [2.05, 4.69) is 10.3 Å². The van der Waals surface area contributed by atoms with Crippen molar-refractivity contribution in [1.29, 1.82) is 0 Å². The Morgan fingerprint density at radius 1 is 1.15 bits per heavy atom. The van der Waals surface area contributed by atoms with Crippen LogP contribution in [-0.4, -0.2) is 53.6 Å². The molecule has 0 spiro atoms. The Labute approximate surface area is 235 Å². The van der Waals surface area contributed by atoms with Crippen LogP contribution in [0, 0.1) is 0 Å². The van der Waals surface area contributed by atoms with E-state index in [-0.39, 0.29) is 23.3 Å². The molecule has 4 heterocycles. The Morgan fingerprint density at radius 3 is 2.83 bits per heavy atom. The van der Waals surface area contributed by atoms with Gasteiger partial charge < -0.3 is 29.5 Å². The van der Waals surface area contributed by atoms with Crippen LogP contribution in [-0.2, 0) is 6.42 Å². The number of nitrogens with one attached hydrogen (secondary N) is 1. The van der Waals surface area contributed by atoms with Gasteiger partial charge in [-0.05, 0) is 72.0 Å². The van der Waals surface area contributed by atoms with E-state index in [4.69, 9.17) is 14.2 Å². The molecule has 0 aliphatic carbocycles. The maximum absolute atomic E-state index is 13.6. The van der Waals surface area contributed by atoms with E-state index in [0.29, 0.717) is 61.2 Å². The SMILES string of the molecule is COc1ccc2cc1OCCCNC(=O)c1cc(ccc1O)Oc1ccc3c(c1)CCN(C(=O)c1cscn1)C23. The first-order chi connectivity index (χ1) is 19.5. The fourth-order valence-electron chi connectivity index (χ4n) is 5.13. The number of carbonyl (C=O) groups excluding carboxylic acids is 2. The molecule has 204 valence electrons. The number of aromatic hydroxyl groups is 1. The Balaban J connectivity index is 1.46. The van der Waals surface area contributed by atoms with Crippen molar-refractivity contribution in [2.45, 2.75) is 18.9 Å². The van der Waals surface area contributed by atoms with Gasteiger partial charge in [0.15, 0.2) is 11.5 Å². The van der Waals surface area contributed by atoms with Gasteiger partial charge in [-0.15, -0.1) is 11.3 Å². The van der Waals surface area contributed by atoms with Gasteiger partial charge in [0.25, 0.3) is 11.8 Å². The van der Waals surface area contributed by atoms with E-state index < -0.39 is 5.91 Å². The lowest BCUT2D eigenvalue weighted by Crippen LogP contribution is -2.40. The minimum Gasteiger partial charge on any atom is -0.507 e. The maximum Gasteiger partial charge on any atom is 0.274 e. The van der Waals surface area contributed by atoms with E-state index in [1.54, 1.807) is 24.1 Å². The van der Waals surface area contributed by atoms with Gasteiger partial charge in [-0.2, -0.15) is 0 Å². The summed E-state index contributed by atoms with van der Waals surface area (Å²) in [6.45, 7) is 1.15. The number of hydrogen-bond donors (Lipinski definition) is 2. The van der Waals surface area contributed by atoms with Crippen LogP contribution in [0.1, 0.15) is 50.0 Å². The second-order valence-electron chi connectivity index (χ2n) is 9.53. The number of benzene rings is 3. The molecule has 1 aromatic heterocycles. The Kier molecular flexibility index (Phi) is 7.00. The molecule has 9 nitrogen and oxygen atoms in total. The highest BCUT2D eigenvalue weighted by Gasteiger charge is 2.34. The number of nitrogens with zero attached hydrogens (tertiary/aromatic N) is 2. The normalized spacial score (nSPS) is 16.7. The van der Waals surface area contributed by atoms with Gasteiger partial charge in [-0.25, -0.2) is 4.98 Å². The van der Waals surface area contributed by atoms with Crippen LogP contribution < -0.4 is 19.5 Å². The van der Waals surface area contributed by atoms with E-state index in [0.717, 1.165) is 16.7 Å². The number of aromatic nitrogens is 1. The molecule has 7 rings (SSSR count). The lowest BCUT2D eigenvalue weighted by atomic mass is 9.87. The molecule has 1 unspecified atom stereocenters. The van der Waals surface area contributed by atoms with E-state index in [9.17, 15) is 14.7 Å². The second-order valence-corrected chi connectivity index (χ2v) is 10.3. The summed E-state index contributed by atoms with van der Waals surface area (Å²) in [5.74, 6) is 1.47. The molecule has 2 N–H and O–H groups in total. The van der Waals surface area contributed by atoms with Crippen molar-refractivity contribution in [3.05, 3.63) is 93.4 Å². The van der Waals surface area contributed by atoms with Crippen LogP contribution in [0.5, 0.6) is 28.7 Å². The van der Waals surface area contributed by atoms with Crippen LogP contribution in [0.2, 0.25) is 0 Å². The van der Waals surface area contributed by atoms with Crippen molar-refractivity contribution in [1.82, 2.24) is 15.2 Å². The number of phenolic OH excluding ortho intramolecular Hbond substituents is 1. The highest BCUT2D eigenvalue weighted by molar-refractivity contribution is 7.07. The van der Waals surface area contributed by atoms with Gasteiger partial charge in [-0.3, -0.25) is 9.59 Å². The van der Waals surface area contributed by atoms with Crippen LogP contribution in [0.15, 0.2) is 65.5 Å². The largest absolute Gasteiger partial charge is 0.507 e. The minimum absolute atomic E-state index is 0.128. The van der Waals surface area contributed by atoms with Crippen molar-refractivity contribution in [2.24, 2.45) is 0 Å². The number of phenols is 1. The molecule has 10 heteroatoms. The van der Waals surface area contributed by atoms with Gasteiger partial charge in [0, 0.05) is 18.5 Å². The van der Waals surface area contributed by atoms with E-state index in [1.807, 2.05) is 41.3 Å². The van der Waals surface area contributed by atoms with Crippen molar-refractivity contribution in [3.8, 4) is 28.7 Å². The summed E-state index contributed by atoms with van der Waals surface area (Å²) >= 11 is 1.39. The van der Waals surface area contributed by atoms with Crippen molar-refractivity contribution < 1.29 is 28.9 Å². The Hall–Kier alpha value is -4.57. The number of rotatable bonds is 2. The van der Waals surface area contributed by atoms with Crippen LogP contribution in [0.4, 0.5) is 0 Å². The predicted molar refractivity (Wildman–Crippen MR) is 149 cm³/mol. The predicted octanol–water partition coefficient (Wildman–Crippen LogP) is 4.95. The molecule has 0 saturated carbocycles. The van der Waals surface area contributed by atoms with Gasteiger partial charge in [0.1, 0.15) is 22.9 Å². The summed E-state index contributed by atoms with van der Waals surface area (Å²) < 4.78 is 17.8. The zero-order chi connectivity index (χ0) is 27.6. The fourth-order valence-corrected chi connectivity index (χ4v) is 5.66. The molecule has 1 atom stereocenters. The zero-order valence-electron chi connectivity index (χ0n) is 21.8. The number of carbonyl (C=O) groups is 2. The summed E-state index contributed by atoms with van der Waals surface area (Å²) in [6, 6.07) is 15.7. The maximum atomic E-state index is 13.6. The number of ether oxygens (including phenoxy) is 3. The molecule has 3 aromatic carbocycles. The van der Waals surface area contributed by atoms with E-state index >= 15 is 0 Å². The smallest absolute Gasteiger partial charge is 0.274 e. The molecular formula is C30H27N3O6S. The second kappa shape index (κ2) is 10.9. The van der Waals surface area contributed by atoms with Crippen LogP contribution in [0.25, 0.3) is 0 Å². The topological polar surface area (TPSA) is 110 Å². The molecule has 3 aliphatic rings. The molecule has 4 aromatic rings. The standard InChI is InChI=1S/C30H27N3O6S/c1-37-26-8-3-19-14-27(26)38-12-2-10-31-29(35)23-15-21(5-7-25(23)34)39-20-4-6-22-18(13-20)9-11-33(28(19)22)30(36)24-16-40-17-32-24/h3-8,13-17,28,34H,2,9-12H2,1H3,(H,31,35). The van der Waals surface area contributed by atoms with Gasteiger partial charge in [0.05, 0.1) is 30.8 Å². The quantitative estimate of drug-likeness (QED) is 0.359. The van der Waals surface area contributed by atoms with Gasteiger partial charge in [0.2, 0.25) is 0 Å². The molecule has 0 radical (unpaired) electrons. The summed E-state index contributed by atoms with van der Waals surface area (Å²) in [5, 5.41) is 14.9. The first-order valence-electron chi connectivity index (χ1n) is 12.9. The number of amides is 2. The first-order valence-corrected chi connectivity index (χ1v) is 13.9. The third-order valence-electron chi connectivity index (χ3n) is 7.07. The van der Waals surface area contributed by atoms with Crippen molar-refractivity contribution >= 4 is 23.2 Å². The molecule has 40 heavy (non-hydrogen) atoms. The molecule has 0 fully saturated rings. The third kappa shape index (κ3) is 4.93. The summed E-state index contributed by atoms with van der Waals surface area (Å²) in [6.07, 6.45) is 1.15. The number of methoxy groups -OCH3 is 1. The molecule has 2 amide bonds. The number of thiazole rings is 1. The average Bonchev–Trinajstić information content (AvgIpc) is 3.51. The van der Waals surface area contributed by atoms with Crippen LogP contribution in [0.3, 0.4) is 0 Å². The molecular weight excluding hydrogens is 530 g/mol. The summed E-state index contributed by atoms with van der Waals surface area (Å²) in [7, 11) is 1.58. The van der Waals surface area contributed by atoms with Gasteiger partial charge >= 0.3 is 0 Å². The lowest BCUT2D eigenvalue weighted by molar-refractivity contribution is 0.0688. The fraction of sp³-hybridized carbons (Fsp3) is 0.233. The number of fused-ring (bicyclic) bond motifs is 6. The molecule has 0 saturated heterocycles. The van der Waals surface area contributed by atoms with Crippen molar-refractivity contribution in [2.75, 3.05) is 26.8 Å². The highest BCUT2D eigenvalue weighted by atomic mass is 32.1. The first kappa shape index (κ1) is 25.7. The van der Waals surface area contributed by atoms with Gasteiger partial charge in [-0.1, -0.05) is 12.1 Å². The average molecular weight is 558 g/mol. The lowest BCUT2D eigenvalue weighted by Gasteiger charge is -2.38.